The standard InChI is InChI=1S/C18H17F6N5O3/c1-8(16(31)29-6-12(9(29)2)32-18(22,23)24)27-14-5-11(25-7-26-14)10-3-4-13(17(19,20)21)28-15(10)30/h3-5,7-9,12H,6H2,1-2H3,(H,28,30)(H,25,26,27)/t8-,9+,12+/m1/s1. The molecule has 3 atom stereocenters. The van der Waals surface area contributed by atoms with Gasteiger partial charge in [0.05, 0.1) is 17.3 Å². The molecule has 1 aliphatic rings. The van der Waals surface area contributed by atoms with Crippen molar-refractivity contribution >= 4 is 11.7 Å². The normalized spacial score (nSPS) is 19.9. The summed E-state index contributed by atoms with van der Waals surface area (Å²) >= 11 is 0. The number of aromatic nitrogens is 3. The van der Waals surface area contributed by atoms with E-state index in [2.05, 4.69) is 20.0 Å². The van der Waals surface area contributed by atoms with Crippen LogP contribution in [-0.2, 0) is 15.7 Å². The molecule has 0 aromatic carbocycles. The smallest absolute Gasteiger partial charge is 0.359 e. The summed E-state index contributed by atoms with van der Waals surface area (Å²) < 4.78 is 79.1. The third-order valence-electron chi connectivity index (χ3n) is 4.87. The van der Waals surface area contributed by atoms with Gasteiger partial charge in [-0.2, -0.15) is 13.2 Å². The van der Waals surface area contributed by atoms with Gasteiger partial charge in [-0.3, -0.25) is 14.3 Å². The number of halogens is 6. The van der Waals surface area contributed by atoms with E-state index in [0.29, 0.717) is 6.07 Å². The molecular weight excluding hydrogens is 448 g/mol. The Morgan fingerprint density at radius 2 is 1.94 bits per heavy atom. The number of nitrogens with zero attached hydrogens (tertiary/aromatic N) is 3. The highest BCUT2D eigenvalue weighted by Gasteiger charge is 2.46. The van der Waals surface area contributed by atoms with Crippen molar-refractivity contribution in [1.29, 1.82) is 0 Å². The number of anilines is 1. The van der Waals surface area contributed by atoms with Crippen LogP contribution in [0.3, 0.4) is 0 Å². The molecule has 3 rings (SSSR count). The van der Waals surface area contributed by atoms with Gasteiger partial charge in [-0.25, -0.2) is 9.97 Å². The van der Waals surface area contributed by atoms with Crippen LogP contribution in [0, 0.1) is 0 Å². The Morgan fingerprint density at radius 3 is 2.50 bits per heavy atom. The number of rotatable bonds is 5. The predicted octanol–water partition coefficient (Wildman–Crippen LogP) is 2.79. The van der Waals surface area contributed by atoms with E-state index in [-0.39, 0.29) is 23.6 Å². The lowest BCUT2D eigenvalue weighted by molar-refractivity contribution is -0.359. The van der Waals surface area contributed by atoms with Crippen molar-refractivity contribution in [1.82, 2.24) is 19.9 Å². The molecule has 0 unspecified atom stereocenters. The molecule has 0 saturated carbocycles. The van der Waals surface area contributed by atoms with Crippen LogP contribution in [0.5, 0.6) is 0 Å². The molecule has 1 fully saturated rings. The number of carbonyl (C=O) groups excluding carboxylic acids is 1. The molecule has 2 N–H and O–H groups in total. The Hall–Kier alpha value is -3.16. The quantitative estimate of drug-likeness (QED) is 0.659. The lowest BCUT2D eigenvalue weighted by Crippen LogP contribution is -2.64. The summed E-state index contributed by atoms with van der Waals surface area (Å²) in [6.45, 7) is 2.64. The van der Waals surface area contributed by atoms with Gasteiger partial charge in [-0.05, 0) is 26.0 Å². The molecule has 0 radical (unpaired) electrons. The van der Waals surface area contributed by atoms with Crippen molar-refractivity contribution in [2.75, 3.05) is 11.9 Å². The lowest BCUT2D eigenvalue weighted by Gasteiger charge is -2.46. The molecule has 1 saturated heterocycles. The molecule has 0 spiro atoms. The fourth-order valence-electron chi connectivity index (χ4n) is 3.13. The van der Waals surface area contributed by atoms with E-state index in [0.717, 1.165) is 12.4 Å². The summed E-state index contributed by atoms with van der Waals surface area (Å²) in [5, 5.41) is 2.74. The maximum absolute atomic E-state index is 12.7. The summed E-state index contributed by atoms with van der Waals surface area (Å²) in [5.74, 6) is -0.418. The summed E-state index contributed by atoms with van der Waals surface area (Å²) in [7, 11) is 0. The molecule has 14 heteroatoms. The van der Waals surface area contributed by atoms with Crippen LogP contribution in [0.1, 0.15) is 19.5 Å². The van der Waals surface area contributed by atoms with E-state index in [1.54, 1.807) is 4.98 Å². The second-order valence-electron chi connectivity index (χ2n) is 7.10. The molecule has 1 amide bonds. The van der Waals surface area contributed by atoms with Crippen molar-refractivity contribution < 1.29 is 35.9 Å². The maximum atomic E-state index is 12.7. The second-order valence-corrected chi connectivity index (χ2v) is 7.10. The monoisotopic (exact) mass is 465 g/mol. The Balaban J connectivity index is 1.69. The highest BCUT2D eigenvalue weighted by atomic mass is 19.4. The summed E-state index contributed by atoms with van der Waals surface area (Å²) in [4.78, 5) is 35.3. The fraction of sp³-hybridized carbons (Fsp3) is 0.444. The molecule has 32 heavy (non-hydrogen) atoms. The second kappa shape index (κ2) is 8.41. The van der Waals surface area contributed by atoms with Gasteiger partial charge < -0.3 is 15.2 Å². The minimum absolute atomic E-state index is 0.00748. The number of pyridine rings is 1. The predicted molar refractivity (Wildman–Crippen MR) is 98.3 cm³/mol. The molecule has 174 valence electrons. The number of hydrogen-bond donors (Lipinski definition) is 2. The summed E-state index contributed by atoms with van der Waals surface area (Å²) in [6.07, 6.45) is -9.64. The molecule has 1 aliphatic heterocycles. The highest BCUT2D eigenvalue weighted by Crippen LogP contribution is 2.30. The van der Waals surface area contributed by atoms with Crippen LogP contribution in [0.4, 0.5) is 32.2 Å². The van der Waals surface area contributed by atoms with Crippen LogP contribution in [0.25, 0.3) is 11.3 Å². The van der Waals surface area contributed by atoms with E-state index in [1.807, 2.05) is 0 Å². The van der Waals surface area contributed by atoms with Gasteiger partial charge in [-0.15, -0.1) is 13.2 Å². The van der Waals surface area contributed by atoms with Crippen LogP contribution < -0.4 is 10.9 Å². The number of hydrogen-bond acceptors (Lipinski definition) is 6. The van der Waals surface area contributed by atoms with Crippen LogP contribution in [-0.4, -0.2) is 56.9 Å². The number of alkyl halides is 6. The zero-order valence-corrected chi connectivity index (χ0v) is 16.6. The van der Waals surface area contributed by atoms with Gasteiger partial charge in [0.2, 0.25) is 5.91 Å². The zero-order valence-electron chi connectivity index (χ0n) is 16.6. The van der Waals surface area contributed by atoms with Gasteiger partial charge in [0.1, 0.15) is 30.0 Å². The number of aromatic amines is 1. The van der Waals surface area contributed by atoms with Gasteiger partial charge in [0.25, 0.3) is 5.56 Å². The van der Waals surface area contributed by atoms with Crippen molar-refractivity contribution in [2.45, 2.75) is 44.6 Å². The molecule has 2 aromatic rings. The van der Waals surface area contributed by atoms with E-state index in [1.165, 1.54) is 24.8 Å². The molecule has 2 aromatic heterocycles. The summed E-state index contributed by atoms with van der Waals surface area (Å²) in [5.41, 5.74) is -2.37. The number of carbonyl (C=O) groups is 1. The Labute approximate surface area is 176 Å². The molecule has 8 nitrogen and oxygen atoms in total. The van der Waals surface area contributed by atoms with Crippen LogP contribution in [0.15, 0.2) is 29.3 Å². The van der Waals surface area contributed by atoms with Crippen LogP contribution >= 0.6 is 0 Å². The third-order valence-corrected chi connectivity index (χ3v) is 4.87. The average Bonchev–Trinajstić information content (AvgIpc) is 2.68. The number of H-pyrrole nitrogens is 1. The van der Waals surface area contributed by atoms with Crippen molar-refractivity contribution in [3.63, 3.8) is 0 Å². The van der Waals surface area contributed by atoms with Gasteiger partial charge in [0, 0.05) is 12.6 Å². The van der Waals surface area contributed by atoms with Crippen molar-refractivity contribution in [2.24, 2.45) is 0 Å². The highest BCUT2D eigenvalue weighted by molar-refractivity contribution is 5.85. The van der Waals surface area contributed by atoms with Gasteiger partial charge >= 0.3 is 12.5 Å². The average molecular weight is 465 g/mol. The van der Waals surface area contributed by atoms with E-state index < -0.39 is 47.9 Å². The first-order chi connectivity index (χ1) is 14.8. The molecule has 3 heterocycles. The third kappa shape index (κ3) is 5.18. The van der Waals surface area contributed by atoms with Gasteiger partial charge in [0.15, 0.2) is 0 Å². The zero-order chi connectivity index (χ0) is 23.8. The largest absolute Gasteiger partial charge is 0.522 e. The number of ether oxygens (including phenoxy) is 1. The maximum Gasteiger partial charge on any atom is 0.522 e. The number of nitrogens with one attached hydrogen (secondary N) is 2. The minimum Gasteiger partial charge on any atom is -0.359 e. The Kier molecular flexibility index (Phi) is 6.18. The minimum atomic E-state index is -4.80. The summed E-state index contributed by atoms with van der Waals surface area (Å²) in [6, 6.07) is 1.22. The van der Waals surface area contributed by atoms with Crippen LogP contribution in [0.2, 0.25) is 0 Å². The molecule has 0 bridgehead atoms. The van der Waals surface area contributed by atoms with Gasteiger partial charge in [-0.1, -0.05) is 0 Å². The lowest BCUT2D eigenvalue weighted by atomic mass is 10.00. The van der Waals surface area contributed by atoms with Crippen molar-refractivity contribution in [3.05, 3.63) is 40.6 Å². The van der Waals surface area contributed by atoms with Crippen molar-refractivity contribution in [3.8, 4) is 11.3 Å². The molecular formula is C18H17F6N5O3. The first-order valence-electron chi connectivity index (χ1n) is 9.21. The van der Waals surface area contributed by atoms with E-state index in [9.17, 15) is 35.9 Å². The first-order valence-corrected chi connectivity index (χ1v) is 9.21. The number of amides is 1. The first kappa shape index (κ1) is 23.5. The topological polar surface area (TPSA) is 100 Å². The fourth-order valence-corrected chi connectivity index (χ4v) is 3.13. The van der Waals surface area contributed by atoms with E-state index in [4.69, 9.17) is 0 Å². The Bertz CT molecular complexity index is 1050. The molecule has 0 aliphatic carbocycles. The SMILES string of the molecule is C[C@@H](Nc1cc(-c2ccc(C(F)(F)F)[nH]c2=O)ncn1)C(=O)N1C[C@H](OC(F)(F)F)[C@@H]1C. The number of likely N-dealkylation sites (tertiary alicyclic amines) is 1. The Morgan fingerprint density at radius 1 is 1.25 bits per heavy atom. The van der Waals surface area contributed by atoms with E-state index >= 15 is 0 Å².